The number of hydrogen-bond donors (Lipinski definition) is 3. The molecule has 0 bridgehead atoms. The Labute approximate surface area is 227 Å². The number of carboxylic acids is 1. The lowest BCUT2D eigenvalue weighted by atomic mass is 9.82. The van der Waals surface area contributed by atoms with Crippen molar-refractivity contribution in [3.8, 4) is 0 Å². The van der Waals surface area contributed by atoms with Gasteiger partial charge in [-0.2, -0.15) is 0 Å². The molecule has 9 nitrogen and oxygen atoms in total. The topological polar surface area (TPSA) is 133 Å². The van der Waals surface area contributed by atoms with Crippen LogP contribution in [0.4, 0.5) is 4.79 Å². The van der Waals surface area contributed by atoms with Crippen molar-refractivity contribution in [2.24, 2.45) is 23.2 Å². The molecule has 0 aromatic rings. The number of urea groups is 1. The first kappa shape index (κ1) is 29.2. The summed E-state index contributed by atoms with van der Waals surface area (Å²) in [6, 6.07) is -2.23. The molecular formula is C28H47N3O6S. The van der Waals surface area contributed by atoms with Gasteiger partial charge in [-0.25, -0.2) is 18.0 Å². The molecule has 10 heteroatoms. The molecule has 38 heavy (non-hydrogen) atoms. The van der Waals surface area contributed by atoms with Gasteiger partial charge in [0.2, 0.25) is 5.91 Å². The summed E-state index contributed by atoms with van der Waals surface area (Å²) in [5.74, 6) is -1.43. The van der Waals surface area contributed by atoms with E-state index in [1.54, 1.807) is 20.8 Å². The molecule has 4 atom stereocenters. The Kier molecular flexibility index (Phi) is 7.89. The van der Waals surface area contributed by atoms with Crippen LogP contribution in [0, 0.1) is 23.2 Å². The average Bonchev–Trinajstić information content (AvgIpc) is 3.16. The fraction of sp³-hybridized carbons (Fsp3) is 0.893. The highest BCUT2D eigenvalue weighted by molar-refractivity contribution is 7.92. The average molecular weight is 554 g/mol. The summed E-state index contributed by atoms with van der Waals surface area (Å²) in [6.45, 7) is 9.54. The number of piperidine rings is 1. The van der Waals surface area contributed by atoms with E-state index in [2.05, 4.69) is 24.5 Å². The Hall–Kier alpha value is -1.84. The standard InChI is InChI=1S/C28H47N3O6S/c1-26(2,3)38(36,37)17-28(14-10-7-11-15-28)30-25(35)29-21(18-12-8-6-9-13-18)23(32)31-16-19-20(27(19,4)5)22(31)24(33)34/h18-22H,6-17H2,1-5H3,(H,33,34)(H2,29,30,35)/t19?,20-,21-,22-/m0/s1. The van der Waals surface area contributed by atoms with Gasteiger partial charge in [0.25, 0.3) is 0 Å². The van der Waals surface area contributed by atoms with Gasteiger partial charge in [0.15, 0.2) is 9.84 Å². The zero-order chi connectivity index (χ0) is 28.1. The number of nitrogens with one attached hydrogen (secondary N) is 2. The predicted octanol–water partition coefficient (Wildman–Crippen LogP) is 3.72. The summed E-state index contributed by atoms with van der Waals surface area (Å²) in [5, 5.41) is 16.0. The second-order valence-electron chi connectivity index (χ2n) is 13.9. The largest absolute Gasteiger partial charge is 0.480 e. The van der Waals surface area contributed by atoms with Crippen LogP contribution < -0.4 is 10.6 Å². The summed E-state index contributed by atoms with van der Waals surface area (Å²) >= 11 is 0. The smallest absolute Gasteiger partial charge is 0.326 e. The minimum absolute atomic E-state index is 0.0676. The van der Waals surface area contributed by atoms with E-state index in [0.29, 0.717) is 19.4 Å². The van der Waals surface area contributed by atoms with Crippen LogP contribution in [-0.2, 0) is 19.4 Å². The van der Waals surface area contributed by atoms with Crippen LogP contribution in [-0.4, -0.2) is 71.0 Å². The minimum Gasteiger partial charge on any atom is -0.480 e. The van der Waals surface area contributed by atoms with Crippen molar-refractivity contribution in [3.05, 3.63) is 0 Å². The number of carbonyl (C=O) groups excluding carboxylic acids is 2. The van der Waals surface area contributed by atoms with Gasteiger partial charge in [-0.1, -0.05) is 52.4 Å². The Balaban J connectivity index is 1.54. The molecule has 3 amide bonds. The maximum absolute atomic E-state index is 13.9. The first-order chi connectivity index (χ1) is 17.6. The monoisotopic (exact) mass is 553 g/mol. The molecule has 3 saturated carbocycles. The minimum atomic E-state index is -3.49. The van der Waals surface area contributed by atoms with Crippen molar-refractivity contribution >= 4 is 27.7 Å². The van der Waals surface area contributed by atoms with E-state index in [1.165, 1.54) is 4.90 Å². The zero-order valence-corrected chi connectivity index (χ0v) is 24.5. The molecule has 3 N–H and O–H groups in total. The molecular weight excluding hydrogens is 506 g/mol. The second kappa shape index (κ2) is 10.3. The molecule has 1 unspecified atom stereocenters. The van der Waals surface area contributed by atoms with Crippen LogP contribution in [0.2, 0.25) is 0 Å². The number of carboxylic acid groups (broad SMARTS) is 1. The molecule has 1 saturated heterocycles. The van der Waals surface area contributed by atoms with Crippen molar-refractivity contribution < 1.29 is 27.9 Å². The number of likely N-dealkylation sites (tertiary alicyclic amines) is 1. The maximum atomic E-state index is 13.9. The van der Waals surface area contributed by atoms with Gasteiger partial charge in [0.1, 0.15) is 12.1 Å². The summed E-state index contributed by atoms with van der Waals surface area (Å²) in [4.78, 5) is 41.2. The third-order valence-electron chi connectivity index (χ3n) is 10.0. The van der Waals surface area contributed by atoms with Crippen LogP contribution >= 0.6 is 0 Å². The number of sulfone groups is 1. The number of carbonyl (C=O) groups is 3. The molecule has 3 aliphatic carbocycles. The van der Waals surface area contributed by atoms with E-state index in [0.717, 1.165) is 51.4 Å². The molecule has 4 rings (SSSR count). The van der Waals surface area contributed by atoms with Crippen molar-refractivity contribution in [1.82, 2.24) is 15.5 Å². The summed E-state index contributed by atoms with van der Waals surface area (Å²) in [7, 11) is -3.49. The van der Waals surface area contributed by atoms with Crippen molar-refractivity contribution in [1.29, 1.82) is 0 Å². The van der Waals surface area contributed by atoms with Crippen molar-refractivity contribution in [2.45, 2.75) is 121 Å². The molecule has 0 aromatic carbocycles. The van der Waals surface area contributed by atoms with E-state index in [9.17, 15) is 27.9 Å². The van der Waals surface area contributed by atoms with Crippen LogP contribution in [0.1, 0.15) is 98.8 Å². The zero-order valence-electron chi connectivity index (χ0n) is 23.7. The first-order valence-electron chi connectivity index (χ1n) is 14.4. The van der Waals surface area contributed by atoms with E-state index < -0.39 is 44.2 Å². The lowest BCUT2D eigenvalue weighted by molar-refractivity contribution is -0.151. The number of aliphatic carboxylic acids is 1. The second-order valence-corrected chi connectivity index (χ2v) is 16.7. The van der Waals surface area contributed by atoms with Gasteiger partial charge in [-0.15, -0.1) is 0 Å². The lowest BCUT2D eigenvalue weighted by Gasteiger charge is -2.41. The van der Waals surface area contributed by atoms with E-state index in [1.807, 2.05) is 0 Å². The molecule has 1 aliphatic heterocycles. The Morgan fingerprint density at radius 2 is 1.58 bits per heavy atom. The number of fused-ring (bicyclic) bond motifs is 1. The van der Waals surface area contributed by atoms with E-state index >= 15 is 0 Å². The van der Waals surface area contributed by atoms with Gasteiger partial charge >= 0.3 is 12.0 Å². The highest BCUT2D eigenvalue weighted by atomic mass is 32.2. The molecule has 0 radical (unpaired) electrons. The van der Waals surface area contributed by atoms with Gasteiger partial charge in [-0.05, 0) is 63.7 Å². The highest BCUT2D eigenvalue weighted by Gasteiger charge is 2.70. The molecule has 4 aliphatic rings. The molecule has 1 heterocycles. The van der Waals surface area contributed by atoms with Gasteiger partial charge in [0.05, 0.1) is 16.0 Å². The summed E-state index contributed by atoms with van der Waals surface area (Å²) in [6.07, 6.45) is 8.40. The SMILES string of the molecule is CC1(C)C2CN(C(=O)[C@@H](NC(=O)NC3(CS(=O)(=O)C(C)(C)C)CCCCC3)C3CCCCC3)[C@H](C(=O)O)[C@H]21. The van der Waals surface area contributed by atoms with Crippen molar-refractivity contribution in [2.75, 3.05) is 12.3 Å². The number of amides is 3. The maximum Gasteiger partial charge on any atom is 0.326 e. The van der Waals surface area contributed by atoms with Gasteiger partial charge < -0.3 is 20.6 Å². The number of rotatable bonds is 7. The van der Waals surface area contributed by atoms with E-state index in [4.69, 9.17) is 0 Å². The van der Waals surface area contributed by atoms with Crippen molar-refractivity contribution in [3.63, 3.8) is 0 Å². The number of nitrogens with zero attached hydrogens (tertiary/aromatic N) is 1. The number of hydrogen-bond acceptors (Lipinski definition) is 5. The fourth-order valence-electron chi connectivity index (χ4n) is 7.36. The molecule has 0 aromatic heterocycles. The van der Waals surface area contributed by atoms with Gasteiger partial charge in [-0.3, -0.25) is 4.79 Å². The Morgan fingerprint density at radius 1 is 1.00 bits per heavy atom. The Morgan fingerprint density at radius 3 is 2.13 bits per heavy atom. The third kappa shape index (κ3) is 5.56. The molecule has 0 spiro atoms. The first-order valence-corrected chi connectivity index (χ1v) is 16.1. The predicted molar refractivity (Wildman–Crippen MR) is 145 cm³/mol. The Bertz CT molecular complexity index is 1040. The molecule has 4 fully saturated rings. The summed E-state index contributed by atoms with van der Waals surface area (Å²) in [5.41, 5.74) is -0.978. The van der Waals surface area contributed by atoms with Crippen LogP contribution in [0.5, 0.6) is 0 Å². The fourth-order valence-corrected chi connectivity index (χ4v) is 8.88. The normalized spacial score (nSPS) is 29.7. The molecule has 216 valence electrons. The quantitative estimate of drug-likeness (QED) is 0.440. The van der Waals surface area contributed by atoms with Crippen LogP contribution in [0.3, 0.4) is 0 Å². The van der Waals surface area contributed by atoms with Crippen LogP contribution in [0.15, 0.2) is 0 Å². The lowest BCUT2D eigenvalue weighted by Crippen LogP contribution is -2.62. The highest BCUT2D eigenvalue weighted by Crippen LogP contribution is 2.65. The van der Waals surface area contributed by atoms with Gasteiger partial charge in [0, 0.05) is 12.5 Å². The van der Waals surface area contributed by atoms with Crippen LogP contribution in [0.25, 0.3) is 0 Å². The van der Waals surface area contributed by atoms with E-state index in [-0.39, 0.29) is 34.8 Å². The third-order valence-corrected chi connectivity index (χ3v) is 12.8. The summed E-state index contributed by atoms with van der Waals surface area (Å²) < 4.78 is 25.4.